The summed E-state index contributed by atoms with van der Waals surface area (Å²) in [6.07, 6.45) is 1.34. The second-order valence-electron chi connectivity index (χ2n) is 5.50. The van der Waals surface area contributed by atoms with Gasteiger partial charge in [-0.1, -0.05) is 21.1 Å². The summed E-state index contributed by atoms with van der Waals surface area (Å²) in [5.41, 5.74) is 0.394. The predicted octanol–water partition coefficient (Wildman–Crippen LogP) is 3.99. The highest BCUT2D eigenvalue weighted by Crippen LogP contribution is 2.21. The van der Waals surface area contributed by atoms with Gasteiger partial charge in [0, 0.05) is 28.4 Å². The Hall–Kier alpha value is -3.20. The summed E-state index contributed by atoms with van der Waals surface area (Å²) in [6.45, 7) is 0. The van der Waals surface area contributed by atoms with Crippen LogP contribution in [0.1, 0.15) is 0 Å². The van der Waals surface area contributed by atoms with E-state index in [0.717, 1.165) is 16.6 Å². The molecule has 0 N–H and O–H groups in total. The summed E-state index contributed by atoms with van der Waals surface area (Å²) in [6, 6.07) is 11.7. The van der Waals surface area contributed by atoms with Gasteiger partial charge in [0.2, 0.25) is 11.3 Å². The Morgan fingerprint density at radius 1 is 1.00 bits per heavy atom. The molecule has 0 fully saturated rings. The molecule has 0 unspecified atom stereocenters. The summed E-state index contributed by atoms with van der Waals surface area (Å²) in [5.74, 6) is -1.78. The molecular weight excluding hydrogens is 422 g/mol. The quantitative estimate of drug-likeness (QED) is 0.491. The van der Waals surface area contributed by atoms with Gasteiger partial charge >= 0.3 is 0 Å². The van der Waals surface area contributed by atoms with Gasteiger partial charge in [-0.25, -0.2) is 13.5 Å². The lowest BCUT2D eigenvalue weighted by molar-refractivity contribution is 0.429. The number of hydrogen-bond donors (Lipinski definition) is 0. The van der Waals surface area contributed by atoms with E-state index in [9.17, 15) is 13.6 Å². The van der Waals surface area contributed by atoms with Crippen molar-refractivity contribution in [3.8, 4) is 28.7 Å². The molecule has 0 aliphatic heterocycles. The van der Waals surface area contributed by atoms with E-state index < -0.39 is 17.1 Å². The molecule has 0 aliphatic carbocycles. The summed E-state index contributed by atoms with van der Waals surface area (Å²) >= 11 is 3.34. The van der Waals surface area contributed by atoms with Crippen LogP contribution < -0.4 is 5.43 Å². The van der Waals surface area contributed by atoms with Crippen LogP contribution in [-0.4, -0.2) is 19.9 Å². The Bertz CT molecular complexity index is 1190. The SMILES string of the molecule is O=c1ccn(-c2ccc(F)c(F)c2)nc1-c1nc(-c2ccc(Br)cc2)no1. The van der Waals surface area contributed by atoms with Crippen molar-refractivity contribution in [2.75, 3.05) is 0 Å². The van der Waals surface area contributed by atoms with Crippen molar-refractivity contribution in [1.29, 1.82) is 0 Å². The molecule has 2 aromatic carbocycles. The molecule has 6 nitrogen and oxygen atoms in total. The first-order chi connectivity index (χ1) is 13.0. The third-order valence-electron chi connectivity index (χ3n) is 3.71. The molecule has 0 saturated carbocycles. The normalized spacial score (nSPS) is 10.9. The van der Waals surface area contributed by atoms with Gasteiger partial charge in [0.05, 0.1) is 5.69 Å². The van der Waals surface area contributed by atoms with Crippen molar-refractivity contribution >= 4 is 15.9 Å². The topological polar surface area (TPSA) is 73.8 Å². The fourth-order valence-corrected chi connectivity index (χ4v) is 2.63. The molecule has 2 aromatic heterocycles. The lowest BCUT2D eigenvalue weighted by Gasteiger charge is -2.06. The maximum Gasteiger partial charge on any atom is 0.282 e. The number of benzene rings is 2. The summed E-state index contributed by atoms with van der Waals surface area (Å²) in [5, 5.41) is 7.98. The second kappa shape index (κ2) is 6.84. The molecule has 4 rings (SSSR count). The number of nitrogens with zero attached hydrogens (tertiary/aromatic N) is 4. The average Bonchev–Trinajstić information content (AvgIpc) is 3.15. The van der Waals surface area contributed by atoms with Crippen LogP contribution in [0, 0.1) is 11.6 Å². The fraction of sp³-hybridized carbons (Fsp3) is 0. The van der Waals surface area contributed by atoms with Gasteiger partial charge in [-0.05, 0) is 36.4 Å². The number of aromatic nitrogens is 4. The van der Waals surface area contributed by atoms with Gasteiger partial charge in [-0.2, -0.15) is 10.1 Å². The molecule has 0 spiro atoms. The van der Waals surface area contributed by atoms with Gasteiger partial charge in [0.1, 0.15) is 0 Å². The Labute approximate surface area is 159 Å². The van der Waals surface area contributed by atoms with Crippen LogP contribution in [0.4, 0.5) is 8.78 Å². The van der Waals surface area contributed by atoms with Crippen molar-refractivity contribution in [3.05, 3.63) is 81.1 Å². The largest absolute Gasteiger partial charge is 0.332 e. The van der Waals surface area contributed by atoms with Gasteiger partial charge in [0.15, 0.2) is 17.3 Å². The van der Waals surface area contributed by atoms with Crippen LogP contribution in [0.5, 0.6) is 0 Å². The zero-order valence-electron chi connectivity index (χ0n) is 13.4. The highest BCUT2D eigenvalue weighted by atomic mass is 79.9. The minimum Gasteiger partial charge on any atom is -0.332 e. The van der Waals surface area contributed by atoms with E-state index in [1.807, 2.05) is 12.1 Å². The highest BCUT2D eigenvalue weighted by molar-refractivity contribution is 9.10. The standard InChI is InChI=1S/C18H9BrF2N4O2/c19-11-3-1-10(2-4-11)17-22-18(27-24-17)16-15(26)7-8-25(23-16)12-5-6-13(20)14(21)9-12/h1-9H. The van der Waals surface area contributed by atoms with E-state index in [-0.39, 0.29) is 17.3 Å². The molecule has 0 saturated heterocycles. The number of rotatable bonds is 3. The third kappa shape index (κ3) is 3.41. The van der Waals surface area contributed by atoms with Crippen molar-refractivity contribution in [1.82, 2.24) is 19.9 Å². The first kappa shape index (κ1) is 17.2. The van der Waals surface area contributed by atoms with E-state index in [0.29, 0.717) is 11.4 Å². The monoisotopic (exact) mass is 430 g/mol. The van der Waals surface area contributed by atoms with Crippen molar-refractivity contribution in [3.63, 3.8) is 0 Å². The molecule has 4 aromatic rings. The Kier molecular flexibility index (Phi) is 4.36. The minimum atomic E-state index is -1.02. The average molecular weight is 431 g/mol. The van der Waals surface area contributed by atoms with Crippen LogP contribution >= 0.6 is 15.9 Å². The van der Waals surface area contributed by atoms with Crippen molar-refractivity contribution in [2.45, 2.75) is 0 Å². The highest BCUT2D eigenvalue weighted by Gasteiger charge is 2.16. The zero-order valence-corrected chi connectivity index (χ0v) is 15.0. The van der Waals surface area contributed by atoms with E-state index >= 15 is 0 Å². The minimum absolute atomic E-state index is 0.0742. The molecule has 0 amide bonds. The number of halogens is 3. The fourth-order valence-electron chi connectivity index (χ4n) is 2.36. The first-order valence-electron chi connectivity index (χ1n) is 7.67. The molecule has 0 radical (unpaired) electrons. The third-order valence-corrected chi connectivity index (χ3v) is 4.24. The van der Waals surface area contributed by atoms with Crippen LogP contribution in [0.25, 0.3) is 28.7 Å². The van der Waals surface area contributed by atoms with Crippen LogP contribution in [-0.2, 0) is 0 Å². The Morgan fingerprint density at radius 2 is 1.78 bits per heavy atom. The van der Waals surface area contributed by atoms with E-state index in [1.54, 1.807) is 12.1 Å². The molecular formula is C18H9BrF2N4O2. The lowest BCUT2D eigenvalue weighted by Crippen LogP contribution is -2.13. The smallest absolute Gasteiger partial charge is 0.282 e. The van der Waals surface area contributed by atoms with Gasteiger partial charge in [-0.3, -0.25) is 4.79 Å². The van der Waals surface area contributed by atoms with Crippen LogP contribution in [0.3, 0.4) is 0 Å². The van der Waals surface area contributed by atoms with Gasteiger partial charge < -0.3 is 4.52 Å². The van der Waals surface area contributed by atoms with Gasteiger partial charge in [-0.15, -0.1) is 0 Å². The Morgan fingerprint density at radius 3 is 2.52 bits per heavy atom. The molecule has 9 heteroatoms. The molecule has 0 atom stereocenters. The van der Waals surface area contributed by atoms with Crippen molar-refractivity contribution in [2.24, 2.45) is 0 Å². The lowest BCUT2D eigenvalue weighted by atomic mass is 10.2. The molecule has 27 heavy (non-hydrogen) atoms. The molecule has 2 heterocycles. The maximum absolute atomic E-state index is 13.5. The zero-order chi connectivity index (χ0) is 19.0. The van der Waals surface area contributed by atoms with Crippen LogP contribution in [0.2, 0.25) is 0 Å². The molecule has 0 bridgehead atoms. The van der Waals surface area contributed by atoms with E-state index in [2.05, 4.69) is 31.2 Å². The van der Waals surface area contributed by atoms with E-state index in [1.165, 1.54) is 23.0 Å². The van der Waals surface area contributed by atoms with Crippen LogP contribution in [0.15, 0.2) is 68.5 Å². The summed E-state index contributed by atoms with van der Waals surface area (Å²) in [4.78, 5) is 16.4. The summed E-state index contributed by atoms with van der Waals surface area (Å²) < 4.78 is 33.9. The maximum atomic E-state index is 13.5. The molecule has 0 aliphatic rings. The summed E-state index contributed by atoms with van der Waals surface area (Å²) in [7, 11) is 0. The van der Waals surface area contributed by atoms with Gasteiger partial charge in [0.25, 0.3) is 5.89 Å². The predicted molar refractivity (Wildman–Crippen MR) is 96.2 cm³/mol. The number of hydrogen-bond acceptors (Lipinski definition) is 5. The Balaban J connectivity index is 1.75. The first-order valence-corrected chi connectivity index (χ1v) is 8.46. The van der Waals surface area contributed by atoms with Crippen molar-refractivity contribution < 1.29 is 13.3 Å². The van der Waals surface area contributed by atoms with E-state index in [4.69, 9.17) is 4.52 Å². The molecule has 134 valence electrons. The second-order valence-corrected chi connectivity index (χ2v) is 6.42.